The molecule has 182 valence electrons. The van der Waals surface area contributed by atoms with E-state index in [1.165, 1.54) is 122 Å². The van der Waals surface area contributed by atoms with E-state index in [0.717, 1.165) is 24.8 Å². The maximum absolute atomic E-state index is 6.25. The molecule has 1 fully saturated rings. The Morgan fingerprint density at radius 2 is 1.45 bits per heavy atom. The molecule has 31 heavy (non-hydrogen) atoms. The largest absolute Gasteiger partial charge is 0.498 e. The number of hydrogen-bond donors (Lipinski definition) is 0. The monoisotopic (exact) mass is 433 g/mol. The van der Waals surface area contributed by atoms with Gasteiger partial charge in [-0.1, -0.05) is 103 Å². The number of ether oxygens (including phenoxy) is 1. The molecule has 1 rings (SSSR count). The van der Waals surface area contributed by atoms with Gasteiger partial charge in [0.15, 0.2) is 0 Å². The van der Waals surface area contributed by atoms with Crippen LogP contribution in [0.4, 0.5) is 0 Å². The summed E-state index contributed by atoms with van der Waals surface area (Å²) >= 11 is 0. The number of hydrogen-bond acceptors (Lipinski definition) is 2. The summed E-state index contributed by atoms with van der Waals surface area (Å²) in [5.74, 6) is 2.31. The Bertz CT molecular complexity index is 432. The first-order valence-electron chi connectivity index (χ1n) is 13.8. The van der Waals surface area contributed by atoms with Gasteiger partial charge in [-0.15, -0.1) is 6.58 Å². The lowest BCUT2D eigenvalue weighted by atomic mass is 9.94. The Morgan fingerprint density at radius 1 is 0.903 bits per heavy atom. The van der Waals surface area contributed by atoms with Gasteiger partial charge in [-0.3, -0.25) is 0 Å². The van der Waals surface area contributed by atoms with E-state index in [-0.39, 0.29) is 0 Å². The minimum Gasteiger partial charge on any atom is -0.498 e. The zero-order chi connectivity index (χ0) is 22.6. The van der Waals surface area contributed by atoms with E-state index in [0.29, 0.717) is 5.92 Å². The third kappa shape index (κ3) is 15.6. The van der Waals surface area contributed by atoms with Crippen LogP contribution in [0.3, 0.4) is 0 Å². The van der Waals surface area contributed by atoms with Crippen molar-refractivity contribution in [2.75, 3.05) is 26.7 Å². The average molecular weight is 434 g/mol. The van der Waals surface area contributed by atoms with Crippen molar-refractivity contribution in [3.05, 3.63) is 25.0 Å². The van der Waals surface area contributed by atoms with Gasteiger partial charge >= 0.3 is 0 Å². The number of rotatable bonds is 22. The van der Waals surface area contributed by atoms with Gasteiger partial charge in [0.25, 0.3) is 0 Å². The fourth-order valence-corrected chi connectivity index (χ4v) is 4.85. The molecule has 0 aliphatic carbocycles. The van der Waals surface area contributed by atoms with Crippen molar-refractivity contribution in [3.8, 4) is 0 Å². The van der Waals surface area contributed by atoms with Crippen molar-refractivity contribution in [1.82, 2.24) is 4.90 Å². The molecule has 1 saturated heterocycles. The van der Waals surface area contributed by atoms with Crippen LogP contribution in [-0.2, 0) is 4.74 Å². The van der Waals surface area contributed by atoms with Crippen LogP contribution in [0, 0.1) is 11.8 Å². The normalized spacial score (nSPS) is 17.7. The third-order valence-electron chi connectivity index (χ3n) is 7.09. The molecule has 0 spiro atoms. The van der Waals surface area contributed by atoms with E-state index in [2.05, 4.69) is 32.0 Å². The van der Waals surface area contributed by atoms with E-state index in [9.17, 15) is 0 Å². The summed E-state index contributed by atoms with van der Waals surface area (Å²) in [4.78, 5) is 2.40. The van der Waals surface area contributed by atoms with Gasteiger partial charge in [-0.05, 0) is 51.6 Å². The predicted molar refractivity (Wildman–Crippen MR) is 139 cm³/mol. The third-order valence-corrected chi connectivity index (χ3v) is 7.09. The van der Waals surface area contributed by atoms with Crippen LogP contribution in [0.25, 0.3) is 0 Å². The number of likely N-dealkylation sites (tertiary alicyclic amines) is 1. The van der Waals surface area contributed by atoms with Crippen LogP contribution >= 0.6 is 0 Å². The second-order valence-electron chi connectivity index (χ2n) is 10.1. The predicted octanol–water partition coefficient (Wildman–Crippen LogP) is 8.92. The molecule has 2 unspecified atom stereocenters. The molecular formula is C29H55NO. The van der Waals surface area contributed by atoms with E-state index < -0.39 is 0 Å². The molecular weight excluding hydrogens is 378 g/mol. The summed E-state index contributed by atoms with van der Waals surface area (Å²) in [6.07, 6.45) is 26.6. The number of allylic oxidation sites excluding steroid dienone is 1. The summed E-state index contributed by atoms with van der Waals surface area (Å²) < 4.78 is 6.25. The highest BCUT2D eigenvalue weighted by molar-refractivity contribution is 4.96. The molecule has 1 aliphatic rings. The van der Waals surface area contributed by atoms with E-state index in [1.807, 2.05) is 6.08 Å². The first-order chi connectivity index (χ1) is 15.2. The van der Waals surface area contributed by atoms with E-state index >= 15 is 0 Å². The number of unbranched alkanes of at least 4 members (excludes halogenated alkanes) is 13. The van der Waals surface area contributed by atoms with Gasteiger partial charge in [0.1, 0.15) is 0 Å². The van der Waals surface area contributed by atoms with Gasteiger partial charge in [-0.2, -0.15) is 0 Å². The van der Waals surface area contributed by atoms with Crippen LogP contribution in [0.15, 0.2) is 25.0 Å². The lowest BCUT2D eigenvalue weighted by Crippen LogP contribution is -2.17. The van der Waals surface area contributed by atoms with E-state index in [4.69, 9.17) is 4.74 Å². The molecule has 1 aliphatic heterocycles. The average Bonchev–Trinajstić information content (AvgIpc) is 3.21. The first kappa shape index (κ1) is 28.3. The highest BCUT2D eigenvalue weighted by Gasteiger charge is 2.23. The van der Waals surface area contributed by atoms with E-state index in [1.54, 1.807) is 0 Å². The molecule has 0 aromatic heterocycles. The Labute approximate surface area is 195 Å². The van der Waals surface area contributed by atoms with Crippen molar-refractivity contribution >= 4 is 0 Å². The summed E-state index contributed by atoms with van der Waals surface area (Å²) in [6.45, 7) is 13.6. The first-order valence-corrected chi connectivity index (χ1v) is 13.8. The summed E-state index contributed by atoms with van der Waals surface area (Å²) in [6, 6.07) is 0. The highest BCUT2D eigenvalue weighted by atomic mass is 16.5. The molecule has 2 atom stereocenters. The molecule has 1 heterocycles. The highest BCUT2D eigenvalue weighted by Crippen LogP contribution is 2.25. The summed E-state index contributed by atoms with van der Waals surface area (Å²) in [7, 11) is 2.20. The quantitative estimate of drug-likeness (QED) is 0.0959. The molecule has 0 saturated carbocycles. The molecule has 2 nitrogen and oxygen atoms in total. The smallest absolute Gasteiger partial charge is 0.0932 e. The lowest BCUT2D eigenvalue weighted by molar-refractivity contribution is 0.129. The van der Waals surface area contributed by atoms with Crippen molar-refractivity contribution in [2.24, 2.45) is 11.8 Å². The zero-order valence-electron chi connectivity index (χ0n) is 21.4. The van der Waals surface area contributed by atoms with Crippen molar-refractivity contribution < 1.29 is 4.74 Å². The van der Waals surface area contributed by atoms with Crippen LogP contribution in [0.2, 0.25) is 0 Å². The van der Waals surface area contributed by atoms with Crippen molar-refractivity contribution in [1.29, 1.82) is 0 Å². The van der Waals surface area contributed by atoms with Crippen LogP contribution in [-0.4, -0.2) is 31.6 Å². The van der Waals surface area contributed by atoms with Gasteiger partial charge in [0.05, 0.1) is 12.4 Å². The Balaban J connectivity index is 2.21. The van der Waals surface area contributed by atoms with Crippen LogP contribution in [0.1, 0.15) is 122 Å². The molecule has 2 heteroatoms. The van der Waals surface area contributed by atoms with Gasteiger partial charge < -0.3 is 9.64 Å². The molecule has 0 N–H and O–H groups in total. The topological polar surface area (TPSA) is 12.5 Å². The fraction of sp³-hybridized carbons (Fsp3) is 0.862. The van der Waals surface area contributed by atoms with Gasteiger partial charge in [-0.25, -0.2) is 0 Å². The summed E-state index contributed by atoms with van der Waals surface area (Å²) in [5.41, 5.74) is 0. The number of nitrogens with zero attached hydrogens (tertiary/aromatic N) is 1. The Morgan fingerprint density at radius 3 is 1.97 bits per heavy atom. The Hall–Kier alpha value is -0.760. The van der Waals surface area contributed by atoms with Gasteiger partial charge in [0, 0.05) is 12.5 Å². The maximum atomic E-state index is 6.25. The molecule has 0 amide bonds. The Kier molecular flexibility index (Phi) is 18.1. The second-order valence-corrected chi connectivity index (χ2v) is 10.1. The van der Waals surface area contributed by atoms with Gasteiger partial charge in [0.2, 0.25) is 0 Å². The second kappa shape index (κ2) is 19.9. The van der Waals surface area contributed by atoms with Crippen molar-refractivity contribution in [3.63, 3.8) is 0 Å². The standard InChI is InChI=1S/C29H55NO/c1-5-7-9-11-13-15-17-19-21-28(22-20-18-16-14-12-10-8-6-2)26-31-27(3)29-23-24-30(4)25-29/h5,28-29H,1,3,6-26H2,2,4H3. The van der Waals surface area contributed by atoms with Crippen LogP contribution in [0.5, 0.6) is 0 Å². The molecule has 0 bridgehead atoms. The molecule has 0 radical (unpaired) electrons. The maximum Gasteiger partial charge on any atom is 0.0932 e. The SMILES string of the molecule is C=CCCCCCCCCC(CCCCCCCCCC)COC(=C)C1CCN(C)C1. The summed E-state index contributed by atoms with van der Waals surface area (Å²) in [5, 5.41) is 0. The lowest BCUT2D eigenvalue weighted by Gasteiger charge is -2.21. The fourth-order valence-electron chi connectivity index (χ4n) is 4.85. The van der Waals surface area contributed by atoms with Crippen molar-refractivity contribution in [2.45, 2.75) is 122 Å². The zero-order valence-corrected chi connectivity index (χ0v) is 21.4. The molecule has 0 aromatic rings. The minimum absolute atomic E-state index is 0.546. The minimum atomic E-state index is 0.546. The molecule has 0 aromatic carbocycles. The van der Waals surface area contributed by atoms with Crippen LogP contribution < -0.4 is 0 Å².